The van der Waals surface area contributed by atoms with Gasteiger partial charge in [-0.05, 0) is 109 Å². The third-order valence-corrected chi connectivity index (χ3v) is 18.1. The summed E-state index contributed by atoms with van der Waals surface area (Å²) in [6, 6.07) is 23.6. The van der Waals surface area contributed by atoms with Gasteiger partial charge in [0.1, 0.15) is 56.2 Å². The molecule has 106 heavy (non-hydrogen) atoms. The molecular weight excluding hydrogens is 1470 g/mol. The molecule has 34 nitrogen and oxygen atoms in total. The van der Waals surface area contributed by atoms with E-state index in [-0.39, 0.29) is 107 Å². The first-order valence-electron chi connectivity index (χ1n) is 31.1. The zero-order chi connectivity index (χ0) is 77.0. The summed E-state index contributed by atoms with van der Waals surface area (Å²) in [4.78, 5) is 151. The second-order valence-corrected chi connectivity index (χ2v) is 25.1. The van der Waals surface area contributed by atoms with Crippen molar-refractivity contribution in [2.45, 2.75) is 58.5 Å². The van der Waals surface area contributed by atoms with Crippen molar-refractivity contribution in [3.63, 3.8) is 0 Å². The molecule has 0 saturated carbocycles. The monoisotopic (exact) mass is 1540 g/mol. The van der Waals surface area contributed by atoms with Crippen LogP contribution in [-0.2, 0) is 48.2 Å². The number of ether oxygens (including phenoxy) is 5. The van der Waals surface area contributed by atoms with Crippen molar-refractivity contribution in [2.75, 3.05) is 69.4 Å². The topological polar surface area (TPSA) is 469 Å². The average Bonchev–Trinajstić information content (AvgIpc) is 1.56. The number of benzene rings is 3. The number of thiophene rings is 3. The molecule has 8 aromatic rings. The molecule has 0 spiro atoms. The molecule has 8 rings (SSSR count). The quantitative estimate of drug-likeness (QED) is 0.0180. The number of esters is 3. The normalized spacial score (nSPS) is 11.2. The summed E-state index contributed by atoms with van der Waals surface area (Å²) >= 11 is 2.93. The lowest BCUT2D eigenvalue weighted by Gasteiger charge is -2.17. The van der Waals surface area contributed by atoms with E-state index in [1.807, 2.05) is 0 Å². The van der Waals surface area contributed by atoms with Crippen LogP contribution in [0.15, 0.2) is 116 Å². The highest BCUT2D eigenvalue weighted by atomic mass is 35.5. The second kappa shape index (κ2) is 41.3. The van der Waals surface area contributed by atoms with Crippen LogP contribution in [0.1, 0.15) is 112 Å². The number of carbonyl (C=O) groups excluding carboxylic acids is 11. The Balaban J connectivity index is 0.000000289. The second-order valence-electron chi connectivity index (χ2n) is 21.9. The van der Waals surface area contributed by atoms with Crippen LogP contribution in [0.25, 0.3) is 0 Å². The number of methoxy groups -OCH3 is 5. The summed E-state index contributed by atoms with van der Waals surface area (Å²) in [6.07, 6.45) is 2.62. The number of halogens is 1. The first-order valence-corrected chi connectivity index (χ1v) is 33.6. The van der Waals surface area contributed by atoms with Crippen LogP contribution in [0, 0.1) is 20.8 Å². The molecule has 0 radical (unpaired) electrons. The third-order valence-electron chi connectivity index (χ3n) is 14.4. The number of nitrogens with zero attached hydrogens (tertiary/aromatic N) is 4. The highest BCUT2D eigenvalue weighted by molar-refractivity contribution is 7.17. The summed E-state index contributed by atoms with van der Waals surface area (Å²) in [7, 11) is 8.99. The maximum Gasteiger partial charge on any atom is 0.330 e. The van der Waals surface area contributed by atoms with E-state index in [0.29, 0.717) is 47.3 Å². The molecule has 0 bridgehead atoms. The Morgan fingerprint density at radius 3 is 1.00 bits per heavy atom. The predicted octanol–water partition coefficient (Wildman–Crippen LogP) is 1.63. The molecule has 8 amide bonds. The van der Waals surface area contributed by atoms with Gasteiger partial charge in [0.05, 0.1) is 75.0 Å². The van der Waals surface area contributed by atoms with Gasteiger partial charge in [-0.1, -0.05) is 36.4 Å². The van der Waals surface area contributed by atoms with Gasteiger partial charge in [-0.3, -0.25) is 38.4 Å². The summed E-state index contributed by atoms with van der Waals surface area (Å²) in [5, 5.41) is 57.4. The summed E-state index contributed by atoms with van der Waals surface area (Å²) in [5.41, 5.74) is 9.58. The predicted molar refractivity (Wildman–Crippen MR) is 383 cm³/mol. The van der Waals surface area contributed by atoms with Gasteiger partial charge in [-0.25, -0.2) is 24.1 Å². The van der Waals surface area contributed by atoms with E-state index < -0.39 is 77.4 Å². The third kappa shape index (κ3) is 24.8. The van der Waals surface area contributed by atoms with E-state index in [9.17, 15) is 68.1 Å². The SMILES string of the molecule is COC(=O)[C@H](CN)NC(=O)c1sc(C(=O)NCc2cccc(O)c2)cc1C.COC(=O)[C@H](CNC(=O)c1cc(OC)n[n+](OC)c1)NC(=O)c1sc(C(=O)NCc2cccc(O)c2)cc1C.COC(=O)[C@H](CNC(=O)c1cc(OC)n[n+](OC)c1)NC(=O)c1sc(C(=O)NCc2cccc(O)c2)cc1C.Cl. The van der Waals surface area contributed by atoms with Crippen LogP contribution in [0.2, 0.25) is 0 Å². The van der Waals surface area contributed by atoms with Gasteiger partial charge in [-0.2, -0.15) is 0 Å². The number of hydrogen-bond acceptors (Lipinski definition) is 27. The minimum absolute atomic E-state index is 0. The fraction of sp³-hybridized carbons (Fsp3) is 0.279. The van der Waals surface area contributed by atoms with Crippen molar-refractivity contribution < 1.29 is 111 Å². The molecule has 0 aliphatic heterocycles. The molecule has 0 fully saturated rings. The molecule has 0 aliphatic carbocycles. The molecule has 0 saturated heterocycles. The Morgan fingerprint density at radius 2 is 0.726 bits per heavy atom. The van der Waals surface area contributed by atoms with Gasteiger partial charge in [0.15, 0.2) is 14.2 Å². The first-order chi connectivity index (χ1) is 50.1. The number of phenolic OH excluding ortho intramolecular Hbond substituents is 3. The zero-order valence-electron chi connectivity index (χ0n) is 58.6. The number of hydrogen-bond donors (Lipinski definition) is 12. The lowest BCUT2D eigenvalue weighted by atomic mass is 10.2. The van der Waals surface area contributed by atoms with Gasteiger partial charge in [0.2, 0.25) is 0 Å². The van der Waals surface area contributed by atoms with Gasteiger partial charge < -0.3 is 87.3 Å². The van der Waals surface area contributed by atoms with Crippen LogP contribution in [0.5, 0.6) is 29.0 Å². The number of carbonyl (C=O) groups is 11. The molecule has 3 aromatic carbocycles. The molecular formula is C68H78ClN13O21S3+2. The maximum atomic E-state index is 13.0. The molecule has 3 atom stereocenters. The molecule has 38 heteroatoms. The number of nitrogens with one attached hydrogen (secondary N) is 8. The number of aromatic hydroxyl groups is 3. The maximum absolute atomic E-state index is 13.0. The van der Waals surface area contributed by atoms with Crippen molar-refractivity contribution in [1.82, 2.24) is 52.7 Å². The van der Waals surface area contributed by atoms with Crippen molar-refractivity contribution >= 4 is 112 Å². The van der Waals surface area contributed by atoms with E-state index in [1.54, 1.807) is 87.5 Å². The molecule has 5 aromatic heterocycles. The highest BCUT2D eigenvalue weighted by Crippen LogP contribution is 2.26. The Kier molecular flexibility index (Phi) is 33.0. The highest BCUT2D eigenvalue weighted by Gasteiger charge is 2.30. The van der Waals surface area contributed by atoms with Crippen molar-refractivity contribution in [3.05, 3.63) is 189 Å². The molecule has 5 heterocycles. The number of nitrogens with two attached hydrogens (primary N) is 1. The van der Waals surface area contributed by atoms with Crippen LogP contribution in [-0.4, -0.2) is 178 Å². The molecule has 0 unspecified atom stereocenters. The Hall–Kier alpha value is -12.1. The average molecular weight is 1550 g/mol. The van der Waals surface area contributed by atoms with Crippen molar-refractivity contribution in [2.24, 2.45) is 5.73 Å². The van der Waals surface area contributed by atoms with Crippen LogP contribution in [0.4, 0.5) is 0 Å². The number of amides is 8. The first kappa shape index (κ1) is 84.6. The number of rotatable bonds is 29. The van der Waals surface area contributed by atoms with Crippen LogP contribution in [0.3, 0.4) is 0 Å². The number of aromatic nitrogens is 4. The van der Waals surface area contributed by atoms with Crippen LogP contribution >= 0.6 is 46.4 Å². The fourth-order valence-corrected chi connectivity index (χ4v) is 12.1. The lowest BCUT2D eigenvalue weighted by Crippen LogP contribution is -2.49. The summed E-state index contributed by atoms with van der Waals surface area (Å²) in [5.74, 6) is -5.68. The van der Waals surface area contributed by atoms with E-state index in [4.69, 9.17) is 34.4 Å². The van der Waals surface area contributed by atoms with Gasteiger partial charge in [0.25, 0.3) is 71.4 Å². The van der Waals surface area contributed by atoms with E-state index >= 15 is 0 Å². The number of phenols is 3. The van der Waals surface area contributed by atoms with Crippen molar-refractivity contribution in [3.8, 4) is 29.0 Å². The molecule has 0 aliphatic rings. The molecule has 13 N–H and O–H groups in total. The van der Waals surface area contributed by atoms with Gasteiger partial charge in [-0.15, -0.1) is 46.4 Å². The minimum Gasteiger partial charge on any atom is -0.508 e. The van der Waals surface area contributed by atoms with Crippen molar-refractivity contribution in [1.29, 1.82) is 0 Å². The number of aryl methyl sites for hydroxylation is 3. The summed E-state index contributed by atoms with van der Waals surface area (Å²) in [6.45, 7) is 4.97. The zero-order valence-corrected chi connectivity index (χ0v) is 61.9. The Labute approximate surface area is 624 Å². The van der Waals surface area contributed by atoms with E-state index in [1.165, 1.54) is 84.3 Å². The Bertz CT molecular complexity index is 4220. The smallest absolute Gasteiger partial charge is 0.330 e. The standard InChI is InChI=1S/2C25H27N5O8S.C18H21N3O5S.ClH/c2*1-14-8-19(23(33)26-11-15-6-5-7-17(31)9-15)39-21(14)24(34)28-18(25(35)37-3)12-27-22(32)16-10-20(36-2)29-30(13-16)38-4;1-10-6-14(16(23)20-9-11-4-3-5-12(22)7-11)27-15(10)17(24)21-13(8-19)18(25)26-2;/h2*5-10,13,18H,11-12H2,1-4H3,(H3-,26,27,28,31,32,33,34);3-7,13,22H,8-9,19H2,1-2H3,(H,20,23)(H,21,24);1H/p+2/t2*18-;13-;/m000./s1. The van der Waals surface area contributed by atoms with Crippen LogP contribution < -0.4 is 77.1 Å². The van der Waals surface area contributed by atoms with Gasteiger partial charge in [0, 0.05) is 51.4 Å². The fourth-order valence-electron chi connectivity index (χ4n) is 9.08. The molecule has 564 valence electrons. The van der Waals surface area contributed by atoms with Gasteiger partial charge >= 0.3 is 17.9 Å². The minimum atomic E-state index is -1.21. The van der Waals surface area contributed by atoms with E-state index in [0.717, 1.165) is 63.5 Å². The summed E-state index contributed by atoms with van der Waals surface area (Å²) < 4.78 is 24.2. The largest absolute Gasteiger partial charge is 0.508 e. The lowest BCUT2D eigenvalue weighted by molar-refractivity contribution is -0.930. The van der Waals surface area contributed by atoms with E-state index in [2.05, 4.69) is 57.5 Å². The Morgan fingerprint density at radius 1 is 0.425 bits per heavy atom.